The van der Waals surface area contributed by atoms with Crippen molar-refractivity contribution in [1.82, 2.24) is 15.3 Å². The molecular weight excluding hydrogens is 500 g/mol. The van der Waals surface area contributed by atoms with Crippen LogP contribution in [-0.4, -0.2) is 51.7 Å². The Bertz CT molecular complexity index is 1230. The van der Waals surface area contributed by atoms with E-state index in [2.05, 4.69) is 20.0 Å². The molecule has 1 aliphatic heterocycles. The number of rotatable bonds is 6. The number of ether oxygens (including phenoxy) is 2. The molecule has 15 heteroatoms. The Balaban J connectivity index is 2.00. The Labute approximate surface area is 197 Å². The number of esters is 1. The summed E-state index contributed by atoms with van der Waals surface area (Å²) in [5.41, 5.74) is 3.00. The van der Waals surface area contributed by atoms with Crippen molar-refractivity contribution in [3.05, 3.63) is 51.5 Å². The Morgan fingerprint density at radius 1 is 1.31 bits per heavy atom. The van der Waals surface area contributed by atoms with E-state index in [0.29, 0.717) is 0 Å². The minimum absolute atomic E-state index is 0.0664. The van der Waals surface area contributed by atoms with E-state index < -0.39 is 57.2 Å². The molecule has 1 aromatic carbocycles. The lowest BCUT2D eigenvalue weighted by atomic mass is 9.90. The van der Waals surface area contributed by atoms with Crippen LogP contribution >= 0.6 is 0 Å². The molecule has 4 N–H and O–H groups in total. The van der Waals surface area contributed by atoms with Crippen molar-refractivity contribution in [3.63, 3.8) is 0 Å². The van der Waals surface area contributed by atoms with Crippen molar-refractivity contribution in [1.29, 1.82) is 0 Å². The first-order valence-electron chi connectivity index (χ1n) is 10.0. The molecule has 1 aromatic heterocycles. The van der Waals surface area contributed by atoms with Gasteiger partial charge in [-0.25, -0.2) is 14.2 Å². The number of aromatic amines is 1. The fourth-order valence-electron chi connectivity index (χ4n) is 3.27. The average molecular weight is 520 g/mol. The van der Waals surface area contributed by atoms with E-state index in [1.165, 1.54) is 12.3 Å². The van der Waals surface area contributed by atoms with Gasteiger partial charge in [0.25, 0.3) is 11.5 Å². The fraction of sp³-hybridized carbons (Fsp3) is 0.400. The number of nitrogens with zero attached hydrogens (tertiary/aromatic N) is 1. The number of benzene rings is 1. The maximum atomic E-state index is 13.5. The number of hydrogen-bond acceptors (Lipinski definition) is 8. The van der Waals surface area contributed by atoms with Gasteiger partial charge in [0.1, 0.15) is 11.6 Å². The third kappa shape index (κ3) is 6.10. The summed E-state index contributed by atoms with van der Waals surface area (Å²) in [6.45, 7) is 0.0498. The molecule has 35 heavy (non-hydrogen) atoms. The van der Waals surface area contributed by atoms with Crippen LogP contribution in [0.15, 0.2) is 27.9 Å². The van der Waals surface area contributed by atoms with Gasteiger partial charge in [0.05, 0.1) is 16.3 Å². The van der Waals surface area contributed by atoms with Crippen molar-refractivity contribution < 1.29 is 40.8 Å². The maximum Gasteiger partial charge on any atom is 0.491 e. The standard InChI is InChI=1S/C20H20F4N4O6S/c1-35(32)12-8-11(21)3-2-10(12)9-26-15(29)13-14(34-18(31)20(22,23)24)16(30)28-17(27-13)19(25)4-6-33-7-5-19/h2-3,8H,4-7,9,25H2,1H3,(H,26,29)(H,27,28,30). The number of alkyl halides is 3. The third-order valence-electron chi connectivity index (χ3n) is 5.15. The molecule has 0 bridgehead atoms. The Hall–Kier alpha value is -3.17. The summed E-state index contributed by atoms with van der Waals surface area (Å²) in [4.78, 5) is 43.0. The number of nitrogens with two attached hydrogens (primary N) is 1. The van der Waals surface area contributed by atoms with Crippen LogP contribution in [-0.2, 0) is 32.4 Å². The van der Waals surface area contributed by atoms with Crippen LogP contribution in [0, 0.1) is 5.82 Å². The van der Waals surface area contributed by atoms with E-state index in [1.807, 2.05) is 0 Å². The monoisotopic (exact) mass is 520 g/mol. The number of hydrogen-bond donors (Lipinski definition) is 3. The zero-order valence-electron chi connectivity index (χ0n) is 18.2. The summed E-state index contributed by atoms with van der Waals surface area (Å²) in [5.74, 6) is -6.07. The SMILES string of the molecule is CS(=O)c1cc(F)ccc1CNC(=O)c1nc(C2(N)CCOCC2)[nH]c(=O)c1OC(=O)C(F)(F)F. The number of carbonyl (C=O) groups excluding carboxylic acids is 2. The quantitative estimate of drug-likeness (QED) is 0.377. The van der Waals surface area contributed by atoms with E-state index in [1.54, 1.807) is 0 Å². The van der Waals surface area contributed by atoms with Gasteiger partial charge in [-0.3, -0.25) is 13.8 Å². The number of nitrogens with one attached hydrogen (secondary N) is 2. The highest BCUT2D eigenvalue weighted by atomic mass is 32.2. The van der Waals surface area contributed by atoms with Crippen LogP contribution < -0.4 is 21.3 Å². The van der Waals surface area contributed by atoms with Gasteiger partial charge in [-0.15, -0.1) is 0 Å². The minimum atomic E-state index is -5.46. The third-order valence-corrected chi connectivity index (χ3v) is 6.15. The van der Waals surface area contributed by atoms with Gasteiger partial charge in [-0.2, -0.15) is 13.2 Å². The zero-order valence-corrected chi connectivity index (χ0v) is 19.0. The predicted molar refractivity (Wildman–Crippen MR) is 112 cm³/mol. The molecule has 1 aliphatic rings. The minimum Gasteiger partial charge on any atom is -0.411 e. The van der Waals surface area contributed by atoms with Gasteiger partial charge in [-0.05, 0) is 30.5 Å². The van der Waals surface area contributed by atoms with E-state index in [0.717, 1.165) is 12.1 Å². The lowest BCUT2D eigenvalue weighted by Gasteiger charge is -2.32. The van der Waals surface area contributed by atoms with Crippen LogP contribution in [0.2, 0.25) is 0 Å². The smallest absolute Gasteiger partial charge is 0.411 e. The highest BCUT2D eigenvalue weighted by molar-refractivity contribution is 7.84. The van der Waals surface area contributed by atoms with Crippen molar-refractivity contribution in [2.24, 2.45) is 5.73 Å². The number of amides is 1. The molecule has 190 valence electrons. The predicted octanol–water partition coefficient (Wildman–Crippen LogP) is 1.01. The summed E-state index contributed by atoms with van der Waals surface area (Å²) in [6.07, 6.45) is -3.81. The first-order valence-corrected chi connectivity index (χ1v) is 11.6. The summed E-state index contributed by atoms with van der Waals surface area (Å²) in [7, 11) is -1.63. The molecule has 2 aromatic rings. The molecule has 10 nitrogen and oxygen atoms in total. The molecule has 0 saturated carbocycles. The summed E-state index contributed by atoms with van der Waals surface area (Å²) in [6, 6.07) is 3.31. The zero-order chi connectivity index (χ0) is 26.0. The van der Waals surface area contributed by atoms with Gasteiger partial charge < -0.3 is 25.5 Å². The van der Waals surface area contributed by atoms with Gasteiger partial charge in [0, 0.05) is 30.9 Å². The average Bonchev–Trinajstić information content (AvgIpc) is 2.78. The van der Waals surface area contributed by atoms with Crippen LogP contribution in [0.5, 0.6) is 5.75 Å². The van der Waals surface area contributed by atoms with Gasteiger partial charge in [-0.1, -0.05) is 6.07 Å². The van der Waals surface area contributed by atoms with Crippen LogP contribution in [0.1, 0.15) is 34.7 Å². The van der Waals surface area contributed by atoms with Crippen molar-refractivity contribution in [2.45, 2.75) is 36.0 Å². The summed E-state index contributed by atoms with van der Waals surface area (Å²) in [5, 5.41) is 2.30. The molecule has 1 saturated heterocycles. The highest BCUT2D eigenvalue weighted by Gasteiger charge is 2.43. The molecule has 1 amide bonds. The summed E-state index contributed by atoms with van der Waals surface area (Å²) >= 11 is 0. The van der Waals surface area contributed by atoms with E-state index >= 15 is 0 Å². The molecule has 1 unspecified atom stereocenters. The Morgan fingerprint density at radius 3 is 2.57 bits per heavy atom. The normalized spacial score (nSPS) is 16.4. The molecule has 0 aliphatic carbocycles. The van der Waals surface area contributed by atoms with Gasteiger partial charge in [0.15, 0.2) is 5.69 Å². The van der Waals surface area contributed by atoms with Crippen LogP contribution in [0.3, 0.4) is 0 Å². The van der Waals surface area contributed by atoms with E-state index in [-0.39, 0.29) is 48.9 Å². The molecule has 2 heterocycles. The molecule has 3 rings (SSSR count). The van der Waals surface area contributed by atoms with Crippen molar-refractivity contribution in [2.75, 3.05) is 19.5 Å². The molecule has 0 spiro atoms. The second-order valence-electron chi connectivity index (χ2n) is 7.64. The van der Waals surface area contributed by atoms with E-state index in [9.17, 15) is 36.2 Å². The highest BCUT2D eigenvalue weighted by Crippen LogP contribution is 2.28. The Kier molecular flexibility index (Phi) is 7.71. The lowest BCUT2D eigenvalue weighted by molar-refractivity contribution is -0.189. The second kappa shape index (κ2) is 10.2. The largest absolute Gasteiger partial charge is 0.491 e. The van der Waals surface area contributed by atoms with Crippen LogP contribution in [0.4, 0.5) is 17.6 Å². The van der Waals surface area contributed by atoms with Crippen molar-refractivity contribution >= 4 is 22.7 Å². The van der Waals surface area contributed by atoms with Crippen molar-refractivity contribution in [3.8, 4) is 5.75 Å². The first kappa shape index (κ1) is 26.4. The molecule has 0 radical (unpaired) electrons. The fourth-order valence-corrected chi connectivity index (χ4v) is 4.06. The first-order chi connectivity index (χ1) is 16.3. The van der Waals surface area contributed by atoms with E-state index in [4.69, 9.17) is 10.5 Å². The van der Waals surface area contributed by atoms with Crippen LogP contribution in [0.25, 0.3) is 0 Å². The maximum absolute atomic E-state index is 13.5. The van der Waals surface area contributed by atoms with Gasteiger partial charge in [0.2, 0.25) is 5.75 Å². The number of H-pyrrole nitrogens is 1. The molecule has 1 fully saturated rings. The second-order valence-corrected chi connectivity index (χ2v) is 8.98. The Morgan fingerprint density at radius 2 is 1.97 bits per heavy atom. The number of halogens is 4. The molecule has 1 atom stereocenters. The number of carbonyl (C=O) groups is 2. The number of aromatic nitrogens is 2. The topological polar surface area (TPSA) is 153 Å². The van der Waals surface area contributed by atoms with Gasteiger partial charge >= 0.3 is 12.1 Å². The lowest BCUT2D eigenvalue weighted by Crippen LogP contribution is -2.45. The summed E-state index contributed by atoms with van der Waals surface area (Å²) < 4.78 is 73.0. The molecular formula is C20H20F4N4O6S.